The topological polar surface area (TPSA) is 80.7 Å². The van der Waals surface area contributed by atoms with E-state index >= 15 is 0 Å². The number of aliphatic hydroxyl groups excluding tert-OH is 1. The number of nitrogens with zero attached hydrogens (tertiary/aromatic N) is 1. The zero-order valence-corrected chi connectivity index (χ0v) is 16.1. The van der Waals surface area contributed by atoms with Crippen LogP contribution in [0, 0.1) is 5.82 Å². The molecule has 29 heavy (non-hydrogen) atoms. The van der Waals surface area contributed by atoms with E-state index in [1.807, 2.05) is 6.92 Å². The number of nitrogens with one attached hydrogen (secondary N) is 1. The van der Waals surface area contributed by atoms with Crippen LogP contribution < -0.4 is 10.1 Å². The Labute approximate surface area is 166 Å². The Bertz CT molecular complexity index is 803. The van der Waals surface area contributed by atoms with Gasteiger partial charge in [0.1, 0.15) is 17.7 Å². The number of rotatable bonds is 5. The van der Waals surface area contributed by atoms with Crippen molar-refractivity contribution in [3.05, 3.63) is 53.6 Å². The Hall–Kier alpha value is -2.65. The van der Waals surface area contributed by atoms with Gasteiger partial charge in [0.05, 0.1) is 43.0 Å². The number of aliphatic hydroxyl groups is 1. The molecule has 2 N–H and O–H groups in total. The van der Waals surface area contributed by atoms with E-state index in [2.05, 4.69) is 15.0 Å². The third kappa shape index (κ3) is 6.43. The molecule has 2 aromatic rings. The highest BCUT2D eigenvalue weighted by Gasteiger charge is 2.28. The number of hydrogen-bond acceptors (Lipinski definition) is 5. The first-order valence-corrected chi connectivity index (χ1v) is 8.98. The van der Waals surface area contributed by atoms with Crippen molar-refractivity contribution < 1.29 is 32.5 Å². The molecule has 0 bridgehead atoms. The smallest absolute Gasteiger partial charge is 0.270 e. The minimum absolute atomic E-state index is 0.0997. The maximum absolute atomic E-state index is 12.7. The molecular formula is C20H23F3N2O4. The standard InChI is InChI=1S/C12H16N2O3.C8H7F3O/c1-8-2-5-11(17-8)12(16)14-9-3-4-10(7-15)13-6-9;1-12-6-4-2-3-5(9)7(6)8(10)11/h3-4,6,8,11,15H,2,5,7H2,1H3,(H,14,16);2-4,8H,1H3. The van der Waals surface area contributed by atoms with Crippen molar-refractivity contribution in [2.75, 3.05) is 12.4 Å². The van der Waals surface area contributed by atoms with Crippen LogP contribution >= 0.6 is 0 Å². The predicted molar refractivity (Wildman–Crippen MR) is 100 cm³/mol. The number of halogens is 3. The summed E-state index contributed by atoms with van der Waals surface area (Å²) in [7, 11) is 1.22. The number of carbonyl (C=O) groups excluding carboxylic acids is 1. The second kappa shape index (κ2) is 10.8. The molecule has 1 aromatic carbocycles. The van der Waals surface area contributed by atoms with Crippen molar-refractivity contribution in [2.45, 2.75) is 45.0 Å². The van der Waals surface area contributed by atoms with E-state index in [4.69, 9.17) is 9.84 Å². The molecule has 2 unspecified atom stereocenters. The van der Waals surface area contributed by atoms with Gasteiger partial charge in [0.15, 0.2) is 0 Å². The molecule has 2 atom stereocenters. The zero-order chi connectivity index (χ0) is 21.4. The fourth-order valence-corrected chi connectivity index (χ4v) is 2.72. The van der Waals surface area contributed by atoms with Crippen LogP contribution in [0.25, 0.3) is 0 Å². The summed E-state index contributed by atoms with van der Waals surface area (Å²) in [4.78, 5) is 15.8. The summed E-state index contributed by atoms with van der Waals surface area (Å²) in [6.45, 7) is 1.86. The molecule has 0 aliphatic carbocycles. The molecule has 0 radical (unpaired) electrons. The summed E-state index contributed by atoms with van der Waals surface area (Å²) in [5.41, 5.74) is 0.518. The number of aromatic nitrogens is 1. The number of anilines is 1. The predicted octanol–water partition coefficient (Wildman–Crippen LogP) is 3.85. The third-order valence-corrected chi connectivity index (χ3v) is 4.23. The summed E-state index contributed by atoms with van der Waals surface area (Å²) in [6, 6.07) is 6.98. The van der Waals surface area contributed by atoms with E-state index in [1.54, 1.807) is 12.1 Å². The molecule has 0 spiro atoms. The van der Waals surface area contributed by atoms with Crippen molar-refractivity contribution in [1.82, 2.24) is 4.98 Å². The fraction of sp³-hybridized carbons (Fsp3) is 0.400. The average molecular weight is 412 g/mol. The first kappa shape index (κ1) is 22.6. The van der Waals surface area contributed by atoms with E-state index in [0.29, 0.717) is 11.4 Å². The van der Waals surface area contributed by atoms with Crippen LogP contribution in [-0.2, 0) is 16.1 Å². The molecular weight excluding hydrogens is 389 g/mol. The lowest BCUT2D eigenvalue weighted by Crippen LogP contribution is -2.27. The molecule has 1 saturated heterocycles. The van der Waals surface area contributed by atoms with Gasteiger partial charge >= 0.3 is 0 Å². The van der Waals surface area contributed by atoms with Crippen molar-refractivity contribution in [1.29, 1.82) is 0 Å². The van der Waals surface area contributed by atoms with E-state index in [9.17, 15) is 18.0 Å². The van der Waals surface area contributed by atoms with Crippen molar-refractivity contribution in [3.63, 3.8) is 0 Å². The van der Waals surface area contributed by atoms with Gasteiger partial charge in [0, 0.05) is 0 Å². The molecule has 3 rings (SSSR count). The second-order valence-corrected chi connectivity index (χ2v) is 6.35. The highest BCUT2D eigenvalue weighted by Crippen LogP contribution is 2.30. The number of pyridine rings is 1. The lowest BCUT2D eigenvalue weighted by Gasteiger charge is -2.11. The third-order valence-electron chi connectivity index (χ3n) is 4.23. The normalized spacial score (nSPS) is 18.2. The lowest BCUT2D eigenvalue weighted by molar-refractivity contribution is -0.126. The minimum atomic E-state index is -2.85. The van der Waals surface area contributed by atoms with E-state index in [1.165, 1.54) is 25.4 Å². The van der Waals surface area contributed by atoms with Gasteiger partial charge in [-0.1, -0.05) is 6.07 Å². The van der Waals surface area contributed by atoms with Gasteiger partial charge in [-0.3, -0.25) is 9.78 Å². The molecule has 0 saturated carbocycles. The number of ether oxygens (including phenoxy) is 2. The van der Waals surface area contributed by atoms with Gasteiger partial charge in [0.25, 0.3) is 12.3 Å². The van der Waals surface area contributed by atoms with Gasteiger partial charge in [-0.15, -0.1) is 0 Å². The molecule has 9 heteroatoms. The van der Waals surface area contributed by atoms with Crippen molar-refractivity contribution in [3.8, 4) is 5.75 Å². The van der Waals surface area contributed by atoms with E-state index in [-0.39, 0.29) is 30.5 Å². The summed E-state index contributed by atoms with van der Waals surface area (Å²) < 4.78 is 47.1. The average Bonchev–Trinajstić information content (AvgIpc) is 3.15. The Morgan fingerprint density at radius 1 is 1.34 bits per heavy atom. The molecule has 6 nitrogen and oxygen atoms in total. The second-order valence-electron chi connectivity index (χ2n) is 6.35. The van der Waals surface area contributed by atoms with E-state index in [0.717, 1.165) is 18.9 Å². The van der Waals surface area contributed by atoms with Crippen molar-refractivity contribution >= 4 is 11.6 Å². The maximum atomic E-state index is 12.7. The van der Waals surface area contributed by atoms with Crippen LogP contribution in [0.5, 0.6) is 5.75 Å². The van der Waals surface area contributed by atoms with Crippen LogP contribution in [0.1, 0.15) is 37.4 Å². The number of amides is 1. The summed E-state index contributed by atoms with van der Waals surface area (Å²) >= 11 is 0. The van der Waals surface area contributed by atoms with Crippen LogP contribution in [0.2, 0.25) is 0 Å². The van der Waals surface area contributed by atoms with Gasteiger partial charge in [-0.05, 0) is 44.0 Å². The molecule has 1 aliphatic heterocycles. The van der Waals surface area contributed by atoms with Crippen LogP contribution in [0.4, 0.5) is 18.9 Å². The summed E-state index contributed by atoms with van der Waals surface area (Å²) in [5, 5.41) is 11.6. The number of alkyl halides is 2. The molecule has 1 aliphatic rings. The van der Waals surface area contributed by atoms with Crippen LogP contribution in [0.15, 0.2) is 36.5 Å². The van der Waals surface area contributed by atoms with Gasteiger partial charge in [-0.2, -0.15) is 0 Å². The van der Waals surface area contributed by atoms with Crippen molar-refractivity contribution in [2.24, 2.45) is 0 Å². The quantitative estimate of drug-likeness (QED) is 0.780. The lowest BCUT2D eigenvalue weighted by atomic mass is 10.2. The Balaban J connectivity index is 0.000000221. The summed E-state index contributed by atoms with van der Waals surface area (Å²) in [5.74, 6) is -1.19. The minimum Gasteiger partial charge on any atom is -0.496 e. The molecule has 1 aromatic heterocycles. The highest BCUT2D eigenvalue weighted by atomic mass is 19.3. The van der Waals surface area contributed by atoms with Crippen LogP contribution in [-0.4, -0.2) is 35.3 Å². The first-order valence-electron chi connectivity index (χ1n) is 8.98. The van der Waals surface area contributed by atoms with Gasteiger partial charge < -0.3 is 19.9 Å². The summed E-state index contributed by atoms with van der Waals surface area (Å²) in [6.07, 6.45) is 0.154. The van der Waals surface area contributed by atoms with Gasteiger partial charge in [-0.25, -0.2) is 13.2 Å². The fourth-order valence-electron chi connectivity index (χ4n) is 2.72. The Morgan fingerprint density at radius 3 is 2.59 bits per heavy atom. The zero-order valence-electron chi connectivity index (χ0n) is 16.1. The Kier molecular flexibility index (Phi) is 8.41. The number of hydrogen-bond donors (Lipinski definition) is 2. The van der Waals surface area contributed by atoms with Crippen LogP contribution in [0.3, 0.4) is 0 Å². The molecule has 1 amide bonds. The molecule has 2 heterocycles. The number of carbonyl (C=O) groups is 1. The molecule has 158 valence electrons. The van der Waals surface area contributed by atoms with E-state index < -0.39 is 17.8 Å². The largest absolute Gasteiger partial charge is 0.496 e. The highest BCUT2D eigenvalue weighted by molar-refractivity contribution is 5.94. The van der Waals surface area contributed by atoms with Gasteiger partial charge in [0.2, 0.25) is 0 Å². The SMILES string of the molecule is CC1CCC(C(=O)Nc2ccc(CO)nc2)O1.COc1cccc(F)c1C(F)F. The first-order chi connectivity index (χ1) is 13.8. The Morgan fingerprint density at radius 2 is 2.10 bits per heavy atom. The monoisotopic (exact) mass is 412 g/mol. The maximum Gasteiger partial charge on any atom is 0.270 e. The molecule has 1 fully saturated rings. The number of methoxy groups -OCH3 is 1. The number of benzene rings is 1.